The van der Waals surface area contributed by atoms with Gasteiger partial charge in [0, 0.05) is 11.6 Å². The fraction of sp³-hybridized carbons (Fsp3) is 0.182. The number of benzene rings is 1. The van der Waals surface area contributed by atoms with Crippen molar-refractivity contribution in [1.29, 1.82) is 0 Å². The summed E-state index contributed by atoms with van der Waals surface area (Å²) in [6.45, 7) is 0. The lowest BCUT2D eigenvalue weighted by molar-refractivity contribution is 0.112. The molecule has 0 aliphatic heterocycles. The minimum absolute atomic E-state index is 0.387. The molecule has 0 bridgehead atoms. The van der Waals surface area contributed by atoms with Crippen molar-refractivity contribution in [2.24, 2.45) is 0 Å². The highest BCUT2D eigenvalue weighted by Gasteiger charge is 2.14. The molecule has 0 aliphatic rings. The van der Waals surface area contributed by atoms with Crippen LogP contribution in [0.25, 0.3) is 11.3 Å². The molecule has 0 saturated carbocycles. The second kappa shape index (κ2) is 4.30. The molecule has 0 aliphatic carbocycles. The van der Waals surface area contributed by atoms with Crippen LogP contribution in [0.4, 0.5) is 8.78 Å². The molecule has 2 rings (SSSR count). The Kier molecular flexibility index (Phi) is 2.85. The molecule has 2 aromatic rings. The van der Waals surface area contributed by atoms with Crippen LogP contribution in [0.1, 0.15) is 12.2 Å². The maximum Gasteiger partial charge on any atom is 0.298 e. The van der Waals surface area contributed by atoms with Crippen LogP contribution in [-0.2, 0) is 0 Å². The molecule has 0 spiro atoms. The Morgan fingerprint density at radius 1 is 1.25 bits per heavy atom. The van der Waals surface area contributed by atoms with E-state index in [1.165, 1.54) is 6.07 Å². The van der Waals surface area contributed by atoms with E-state index in [4.69, 9.17) is 4.74 Å². The van der Waals surface area contributed by atoms with E-state index in [0.717, 1.165) is 0 Å². The van der Waals surface area contributed by atoms with Gasteiger partial charge in [0.15, 0.2) is 0 Å². The minimum Gasteiger partial charge on any atom is -0.497 e. The summed E-state index contributed by atoms with van der Waals surface area (Å²) in [5.74, 6) is 0.271. The van der Waals surface area contributed by atoms with E-state index in [0.29, 0.717) is 17.0 Å². The number of methoxy groups -OCH3 is 1. The molecule has 84 valence electrons. The molecule has 0 fully saturated rings. The molecule has 0 unspecified atom stereocenters. The Hall–Kier alpha value is -1.91. The van der Waals surface area contributed by atoms with Gasteiger partial charge < -0.3 is 9.26 Å². The Balaban J connectivity index is 2.28. The van der Waals surface area contributed by atoms with Crippen LogP contribution in [-0.4, -0.2) is 12.3 Å². The van der Waals surface area contributed by atoms with Gasteiger partial charge in [-0.3, -0.25) is 0 Å². The van der Waals surface area contributed by atoms with E-state index in [-0.39, 0.29) is 0 Å². The van der Waals surface area contributed by atoms with Gasteiger partial charge >= 0.3 is 0 Å². The van der Waals surface area contributed by atoms with Crippen molar-refractivity contribution in [3.63, 3.8) is 0 Å². The molecule has 1 heterocycles. The second-order valence-electron chi connectivity index (χ2n) is 3.14. The zero-order valence-electron chi connectivity index (χ0n) is 8.48. The fourth-order valence-corrected chi connectivity index (χ4v) is 1.29. The number of halogens is 2. The first-order valence-corrected chi connectivity index (χ1v) is 4.60. The zero-order chi connectivity index (χ0) is 11.5. The number of alkyl halides is 2. The highest BCUT2D eigenvalue weighted by molar-refractivity contribution is 5.59. The number of aromatic nitrogens is 1. The van der Waals surface area contributed by atoms with Crippen LogP contribution in [0.3, 0.4) is 0 Å². The van der Waals surface area contributed by atoms with E-state index in [2.05, 4.69) is 9.68 Å². The minimum atomic E-state index is -2.64. The predicted molar refractivity (Wildman–Crippen MR) is 53.4 cm³/mol. The first-order chi connectivity index (χ1) is 7.70. The normalized spacial score (nSPS) is 10.8. The lowest BCUT2D eigenvalue weighted by atomic mass is 10.1. The van der Waals surface area contributed by atoms with Gasteiger partial charge in [0.2, 0.25) is 5.76 Å². The highest BCUT2D eigenvalue weighted by Crippen LogP contribution is 2.26. The molecule has 0 saturated heterocycles. The number of hydrogen-bond donors (Lipinski definition) is 0. The standard InChI is InChI=1S/C11H9F2NO2/c1-15-8-4-2-7(3-5-8)9-6-10(11(12)13)16-14-9/h2-6,11H,1H3. The van der Waals surface area contributed by atoms with Crippen LogP contribution < -0.4 is 4.74 Å². The van der Waals surface area contributed by atoms with Crippen LogP contribution in [0.15, 0.2) is 34.9 Å². The van der Waals surface area contributed by atoms with E-state index < -0.39 is 12.2 Å². The van der Waals surface area contributed by atoms with Crippen molar-refractivity contribution >= 4 is 0 Å². The molecular weight excluding hydrogens is 216 g/mol. The van der Waals surface area contributed by atoms with Crippen molar-refractivity contribution in [2.45, 2.75) is 6.43 Å². The van der Waals surface area contributed by atoms with Gasteiger partial charge in [0.25, 0.3) is 6.43 Å². The van der Waals surface area contributed by atoms with Crippen LogP contribution in [0, 0.1) is 0 Å². The van der Waals surface area contributed by atoms with Crippen molar-refractivity contribution < 1.29 is 18.0 Å². The monoisotopic (exact) mass is 225 g/mol. The van der Waals surface area contributed by atoms with Crippen LogP contribution >= 0.6 is 0 Å². The van der Waals surface area contributed by atoms with Gasteiger partial charge in [-0.15, -0.1) is 0 Å². The molecule has 16 heavy (non-hydrogen) atoms. The Labute approximate surface area is 90.6 Å². The summed E-state index contributed by atoms with van der Waals surface area (Å²) in [4.78, 5) is 0. The third-order valence-corrected chi connectivity index (χ3v) is 2.13. The molecule has 1 aromatic heterocycles. The number of hydrogen-bond acceptors (Lipinski definition) is 3. The van der Waals surface area contributed by atoms with Crippen LogP contribution in [0.2, 0.25) is 0 Å². The summed E-state index contributed by atoms with van der Waals surface area (Å²) in [6.07, 6.45) is -2.64. The third-order valence-electron chi connectivity index (χ3n) is 2.13. The molecule has 3 nitrogen and oxygen atoms in total. The van der Waals surface area contributed by atoms with Crippen molar-refractivity contribution in [3.8, 4) is 17.0 Å². The predicted octanol–water partition coefficient (Wildman–Crippen LogP) is 3.29. The number of rotatable bonds is 3. The second-order valence-corrected chi connectivity index (χ2v) is 3.14. The summed E-state index contributed by atoms with van der Waals surface area (Å²) in [7, 11) is 1.56. The summed E-state index contributed by atoms with van der Waals surface area (Å²) in [5, 5.41) is 3.57. The van der Waals surface area contributed by atoms with Gasteiger partial charge in [0.05, 0.1) is 7.11 Å². The Bertz CT molecular complexity index is 465. The zero-order valence-corrected chi connectivity index (χ0v) is 8.48. The first-order valence-electron chi connectivity index (χ1n) is 4.60. The summed E-state index contributed by atoms with van der Waals surface area (Å²) in [6, 6.07) is 8.14. The molecule has 0 amide bonds. The van der Waals surface area contributed by atoms with Crippen molar-refractivity contribution in [3.05, 3.63) is 36.1 Å². The van der Waals surface area contributed by atoms with Gasteiger partial charge in [-0.1, -0.05) is 5.16 Å². The first kappa shape index (κ1) is 10.6. The maximum absolute atomic E-state index is 12.3. The lowest BCUT2D eigenvalue weighted by Crippen LogP contribution is -1.82. The molecule has 1 aromatic carbocycles. The molecular formula is C11H9F2NO2. The summed E-state index contributed by atoms with van der Waals surface area (Å²) in [5.41, 5.74) is 1.09. The number of nitrogens with zero attached hydrogens (tertiary/aromatic N) is 1. The fourth-order valence-electron chi connectivity index (χ4n) is 1.29. The maximum atomic E-state index is 12.3. The quantitative estimate of drug-likeness (QED) is 0.803. The van der Waals surface area contributed by atoms with E-state index in [1.54, 1.807) is 31.4 Å². The highest BCUT2D eigenvalue weighted by atomic mass is 19.3. The molecule has 5 heteroatoms. The van der Waals surface area contributed by atoms with E-state index in [1.807, 2.05) is 0 Å². The van der Waals surface area contributed by atoms with E-state index >= 15 is 0 Å². The Morgan fingerprint density at radius 2 is 1.94 bits per heavy atom. The summed E-state index contributed by atoms with van der Waals surface area (Å²) >= 11 is 0. The Morgan fingerprint density at radius 3 is 2.44 bits per heavy atom. The smallest absolute Gasteiger partial charge is 0.298 e. The van der Waals surface area contributed by atoms with Crippen molar-refractivity contribution in [1.82, 2.24) is 5.16 Å². The lowest BCUT2D eigenvalue weighted by Gasteiger charge is -1.99. The topological polar surface area (TPSA) is 35.3 Å². The van der Waals surface area contributed by atoms with Gasteiger partial charge in [-0.2, -0.15) is 0 Å². The number of ether oxygens (including phenoxy) is 1. The molecule has 0 radical (unpaired) electrons. The molecule has 0 atom stereocenters. The van der Waals surface area contributed by atoms with E-state index in [9.17, 15) is 8.78 Å². The summed E-state index contributed by atoms with van der Waals surface area (Å²) < 4.78 is 34.0. The third kappa shape index (κ3) is 2.03. The molecule has 0 N–H and O–H groups in total. The van der Waals surface area contributed by atoms with Gasteiger partial charge in [0.1, 0.15) is 11.4 Å². The largest absolute Gasteiger partial charge is 0.497 e. The van der Waals surface area contributed by atoms with Gasteiger partial charge in [-0.05, 0) is 24.3 Å². The van der Waals surface area contributed by atoms with Crippen LogP contribution in [0.5, 0.6) is 5.75 Å². The van der Waals surface area contributed by atoms with Crippen molar-refractivity contribution in [2.75, 3.05) is 7.11 Å². The SMILES string of the molecule is COc1ccc(-c2cc(C(F)F)on2)cc1. The average Bonchev–Trinajstić information content (AvgIpc) is 2.78. The van der Waals surface area contributed by atoms with Gasteiger partial charge in [-0.25, -0.2) is 8.78 Å². The average molecular weight is 225 g/mol.